The second-order valence-corrected chi connectivity index (χ2v) is 7.52. The molecule has 1 aliphatic rings. The van der Waals surface area contributed by atoms with Crippen molar-refractivity contribution < 1.29 is 0 Å². The van der Waals surface area contributed by atoms with Gasteiger partial charge in [-0.15, -0.1) is 0 Å². The lowest BCUT2D eigenvalue weighted by molar-refractivity contribution is 0.239. The third-order valence-electron chi connectivity index (χ3n) is 3.89. The zero-order valence-corrected chi connectivity index (χ0v) is 20.0. The molecule has 0 amide bonds. The van der Waals surface area contributed by atoms with E-state index < -0.39 is 0 Å². The molecule has 150 valence electrons. The molecule has 0 unspecified atom stereocenters. The molecule has 1 rings (SSSR count). The molecule has 1 nitrogen and oxygen atoms in total. The van der Waals surface area contributed by atoms with E-state index in [2.05, 4.69) is 85.0 Å². The third-order valence-corrected chi connectivity index (χ3v) is 3.89. The highest BCUT2D eigenvalue weighted by Gasteiger charge is 2.41. The van der Waals surface area contributed by atoms with Crippen molar-refractivity contribution in [2.45, 2.75) is 114 Å². The molecule has 0 aromatic carbocycles. The molecule has 0 aromatic heterocycles. The van der Waals surface area contributed by atoms with Gasteiger partial charge in [0.25, 0.3) is 0 Å². The highest BCUT2D eigenvalue weighted by atomic mass is 15.0. The van der Waals surface area contributed by atoms with Crippen LogP contribution in [0.1, 0.15) is 103 Å². The zero-order chi connectivity index (χ0) is 20.9. The minimum absolute atomic E-state index is 0.0153. The van der Waals surface area contributed by atoms with Crippen molar-refractivity contribution in [3.05, 3.63) is 35.5 Å². The smallest absolute Gasteiger partial charge is 0.0384 e. The van der Waals surface area contributed by atoms with Gasteiger partial charge in [-0.2, -0.15) is 0 Å². The minimum Gasteiger partial charge on any atom is -0.303 e. The van der Waals surface area contributed by atoms with Gasteiger partial charge in [-0.3, -0.25) is 0 Å². The van der Waals surface area contributed by atoms with E-state index in [1.807, 2.05) is 41.5 Å². The van der Waals surface area contributed by atoms with Gasteiger partial charge in [-0.1, -0.05) is 79.7 Å². The normalized spacial score (nSPS) is 20.6. The molecule has 1 N–H and O–H groups in total. The van der Waals surface area contributed by atoms with Crippen LogP contribution in [-0.2, 0) is 0 Å². The molecule has 1 heteroatoms. The summed E-state index contributed by atoms with van der Waals surface area (Å²) in [5, 5.41) is 3.83. The summed E-state index contributed by atoms with van der Waals surface area (Å²) < 4.78 is 0. The highest BCUT2D eigenvalue weighted by molar-refractivity contribution is 5.44. The predicted molar refractivity (Wildman–Crippen MR) is 120 cm³/mol. The zero-order valence-electron chi connectivity index (χ0n) is 20.0. The van der Waals surface area contributed by atoms with E-state index in [4.69, 9.17) is 0 Å². The van der Waals surface area contributed by atoms with E-state index >= 15 is 0 Å². The van der Waals surface area contributed by atoms with E-state index in [-0.39, 0.29) is 16.5 Å². The first-order valence-electron chi connectivity index (χ1n) is 10.4. The molecule has 0 fully saturated rings. The lowest BCUT2D eigenvalue weighted by Gasteiger charge is -2.37. The molecule has 0 saturated heterocycles. The Bertz CT molecular complexity index is 379. The molecule has 0 radical (unpaired) electrons. The average Bonchev–Trinajstić information content (AvgIpc) is 2.58. The maximum Gasteiger partial charge on any atom is 0.0384 e. The van der Waals surface area contributed by atoms with Gasteiger partial charge in [0.15, 0.2) is 0 Å². The second-order valence-electron chi connectivity index (χ2n) is 7.52. The van der Waals surface area contributed by atoms with Crippen LogP contribution in [0, 0.1) is 5.41 Å². The molecular formula is C24H49N. The Balaban J connectivity index is -0.000000725. The summed E-state index contributed by atoms with van der Waals surface area (Å²) >= 11 is 0. The van der Waals surface area contributed by atoms with Crippen LogP contribution in [0.5, 0.6) is 0 Å². The molecule has 0 saturated carbocycles. The van der Waals surface area contributed by atoms with Crippen LogP contribution in [0.4, 0.5) is 0 Å². The third kappa shape index (κ3) is 9.45. The molecule has 0 aliphatic carbocycles. The van der Waals surface area contributed by atoms with Crippen LogP contribution in [0.2, 0.25) is 0 Å². The average molecular weight is 352 g/mol. The van der Waals surface area contributed by atoms with Crippen molar-refractivity contribution in [2.24, 2.45) is 5.41 Å². The van der Waals surface area contributed by atoms with Gasteiger partial charge < -0.3 is 5.32 Å². The van der Waals surface area contributed by atoms with Crippen LogP contribution in [0.3, 0.4) is 0 Å². The first-order valence-corrected chi connectivity index (χ1v) is 10.4. The number of hydrogen-bond acceptors (Lipinski definition) is 1. The number of nitrogens with one attached hydrogen (secondary N) is 1. The molecule has 0 spiro atoms. The Labute approximate surface area is 161 Å². The summed E-state index contributed by atoms with van der Waals surface area (Å²) in [5.41, 5.74) is 3.15. The first-order chi connectivity index (χ1) is 11.6. The Morgan fingerprint density at radius 3 is 1.40 bits per heavy atom. The topological polar surface area (TPSA) is 12.0 Å². The van der Waals surface area contributed by atoms with Crippen LogP contribution < -0.4 is 5.32 Å². The van der Waals surface area contributed by atoms with E-state index in [0.717, 1.165) is 6.42 Å². The monoisotopic (exact) mass is 351 g/mol. The van der Waals surface area contributed by atoms with Gasteiger partial charge in [0.2, 0.25) is 0 Å². The van der Waals surface area contributed by atoms with Gasteiger partial charge >= 0.3 is 0 Å². The number of rotatable bonds is 2. The minimum atomic E-state index is -0.0153. The summed E-state index contributed by atoms with van der Waals surface area (Å²) in [6, 6.07) is 0. The van der Waals surface area contributed by atoms with Crippen LogP contribution in [0.15, 0.2) is 35.5 Å². The molecule has 0 atom stereocenters. The summed E-state index contributed by atoms with van der Waals surface area (Å²) in [6.45, 7) is 30.1. The maximum atomic E-state index is 3.83. The fourth-order valence-electron chi connectivity index (χ4n) is 3.81. The van der Waals surface area contributed by atoms with Crippen LogP contribution >= 0.6 is 0 Å². The molecule has 1 heterocycles. The second kappa shape index (κ2) is 13.4. The molecule has 0 bridgehead atoms. The van der Waals surface area contributed by atoms with Crippen LogP contribution in [0.25, 0.3) is 0 Å². The lowest BCUT2D eigenvalue weighted by atomic mass is 9.73. The fourth-order valence-corrected chi connectivity index (χ4v) is 3.81. The SMILES string of the molecule is C/C=C\C1=C(/C=C\C)C(C)(C)NC(C)(C)CC1(C)C.CC.CC.CC. The Morgan fingerprint density at radius 1 is 0.680 bits per heavy atom. The first kappa shape index (κ1) is 29.0. The summed E-state index contributed by atoms with van der Waals surface area (Å²) in [6.07, 6.45) is 10.0. The maximum absolute atomic E-state index is 3.83. The molecule has 0 aromatic rings. The van der Waals surface area contributed by atoms with Gasteiger partial charge in [0, 0.05) is 11.1 Å². The van der Waals surface area contributed by atoms with Crippen molar-refractivity contribution in [3.8, 4) is 0 Å². The Kier molecular flexibility index (Phi) is 15.5. The quantitative estimate of drug-likeness (QED) is 0.530. The van der Waals surface area contributed by atoms with E-state index in [0.29, 0.717) is 0 Å². The highest BCUT2D eigenvalue weighted by Crippen LogP contribution is 2.44. The fraction of sp³-hybridized carbons (Fsp3) is 0.750. The Morgan fingerprint density at radius 2 is 1.04 bits per heavy atom. The van der Waals surface area contributed by atoms with Gasteiger partial charge in [0.1, 0.15) is 0 Å². The Hall–Kier alpha value is -0.820. The lowest BCUT2D eigenvalue weighted by Crippen LogP contribution is -2.52. The van der Waals surface area contributed by atoms with Gasteiger partial charge in [0.05, 0.1) is 0 Å². The van der Waals surface area contributed by atoms with E-state index in [9.17, 15) is 0 Å². The molecule has 1 aliphatic heterocycles. The number of allylic oxidation sites excluding steroid dienone is 4. The summed E-state index contributed by atoms with van der Waals surface area (Å²) in [5.74, 6) is 0. The van der Waals surface area contributed by atoms with Crippen molar-refractivity contribution in [2.75, 3.05) is 0 Å². The number of hydrogen-bond donors (Lipinski definition) is 1. The summed E-state index contributed by atoms with van der Waals surface area (Å²) in [4.78, 5) is 0. The summed E-state index contributed by atoms with van der Waals surface area (Å²) in [7, 11) is 0. The standard InChI is InChI=1S/C18H31N.3C2H6/c1-9-11-14-15(12-10-2)18(7,8)19-17(5,6)13-16(14,3)4;3*1-2/h9-12,19H,13H2,1-8H3;3*1-2H3/b11-9-,12-10-;;;. The van der Waals surface area contributed by atoms with Crippen molar-refractivity contribution in [1.29, 1.82) is 0 Å². The molecular weight excluding hydrogens is 302 g/mol. The van der Waals surface area contributed by atoms with E-state index in [1.165, 1.54) is 11.1 Å². The van der Waals surface area contributed by atoms with Crippen molar-refractivity contribution in [1.82, 2.24) is 5.32 Å². The van der Waals surface area contributed by atoms with Gasteiger partial charge in [-0.25, -0.2) is 0 Å². The van der Waals surface area contributed by atoms with E-state index in [1.54, 1.807) is 0 Å². The molecule has 25 heavy (non-hydrogen) atoms. The largest absolute Gasteiger partial charge is 0.303 e. The van der Waals surface area contributed by atoms with Crippen molar-refractivity contribution in [3.63, 3.8) is 0 Å². The predicted octanol–water partition coefficient (Wildman–Crippen LogP) is 8.09. The van der Waals surface area contributed by atoms with Crippen molar-refractivity contribution >= 4 is 0 Å². The van der Waals surface area contributed by atoms with Gasteiger partial charge in [-0.05, 0) is 64.5 Å². The van der Waals surface area contributed by atoms with Crippen LogP contribution in [-0.4, -0.2) is 11.1 Å².